The predicted molar refractivity (Wildman–Crippen MR) is 66.5 cm³/mol. The Morgan fingerprint density at radius 3 is 2.78 bits per heavy atom. The quantitative estimate of drug-likeness (QED) is 0.566. The smallest absolute Gasteiger partial charge is 0.159 e. The Bertz CT molecular complexity index is 315. The third kappa shape index (κ3) is 3.57. The summed E-state index contributed by atoms with van der Waals surface area (Å²) in [6, 6.07) is -0.561. The van der Waals surface area contributed by atoms with E-state index in [9.17, 15) is 9.12 Å². The first-order valence-corrected chi connectivity index (χ1v) is 7.44. The Labute approximate surface area is 109 Å². The second kappa shape index (κ2) is 6.18. The van der Waals surface area contributed by atoms with Gasteiger partial charge in [-0.3, -0.25) is 0 Å². The summed E-state index contributed by atoms with van der Waals surface area (Å²) in [5, 5.41) is 3.00. The lowest BCUT2D eigenvalue weighted by atomic mass is 10.1. The van der Waals surface area contributed by atoms with E-state index in [4.69, 9.17) is 14.0 Å². The lowest BCUT2D eigenvalue weighted by Gasteiger charge is -2.24. The third-order valence-corrected chi connectivity index (χ3v) is 4.86. The van der Waals surface area contributed by atoms with Gasteiger partial charge >= 0.3 is 0 Å². The van der Waals surface area contributed by atoms with Crippen LogP contribution in [0, 0.1) is 4.91 Å². The number of rotatable bonds is 7. The summed E-state index contributed by atoms with van der Waals surface area (Å²) in [5.41, 5.74) is 0. The molecule has 0 aromatic rings. The van der Waals surface area contributed by atoms with E-state index in [2.05, 4.69) is 5.18 Å². The zero-order valence-corrected chi connectivity index (χ0v) is 11.1. The summed E-state index contributed by atoms with van der Waals surface area (Å²) in [7, 11) is 0. The van der Waals surface area contributed by atoms with Crippen molar-refractivity contribution in [3.63, 3.8) is 0 Å². The lowest BCUT2D eigenvalue weighted by molar-refractivity contribution is -0.164. The normalized spacial score (nSPS) is 29.5. The van der Waals surface area contributed by atoms with Gasteiger partial charge in [-0.25, -0.2) is 4.21 Å². The van der Waals surface area contributed by atoms with Crippen molar-refractivity contribution in [2.24, 2.45) is 5.18 Å². The first-order chi connectivity index (χ1) is 8.66. The number of hydrogen-bond acceptors (Lipinski definition) is 5. The molecule has 2 rings (SSSR count). The number of ether oxygens (including phenoxy) is 2. The van der Waals surface area contributed by atoms with Crippen LogP contribution in [0.25, 0.3) is 0 Å². The van der Waals surface area contributed by atoms with E-state index in [0.717, 1.165) is 19.3 Å². The molecule has 18 heavy (non-hydrogen) atoms. The number of nitrogens with zero attached hydrogens (tertiary/aromatic N) is 1. The first-order valence-electron chi connectivity index (χ1n) is 6.33. The third-order valence-electron chi connectivity index (χ3n) is 3.55. The van der Waals surface area contributed by atoms with Gasteiger partial charge in [0.2, 0.25) is 0 Å². The van der Waals surface area contributed by atoms with E-state index in [1.807, 2.05) is 0 Å². The summed E-state index contributed by atoms with van der Waals surface area (Å²) >= 11 is -1.88. The molecule has 0 aromatic heterocycles. The molecule has 6 nitrogen and oxygen atoms in total. The van der Waals surface area contributed by atoms with E-state index in [-0.39, 0.29) is 12.9 Å². The Balaban J connectivity index is 1.75. The van der Waals surface area contributed by atoms with Gasteiger partial charge in [0.05, 0.1) is 11.4 Å². The molecule has 1 N–H and O–H groups in total. The molecule has 1 saturated heterocycles. The van der Waals surface area contributed by atoms with Gasteiger partial charge in [0.25, 0.3) is 0 Å². The maximum absolute atomic E-state index is 11.1. The van der Waals surface area contributed by atoms with Gasteiger partial charge in [0.1, 0.15) is 6.04 Å². The number of nitroso groups, excluding NO2 is 1. The fourth-order valence-electron chi connectivity index (χ4n) is 2.21. The van der Waals surface area contributed by atoms with Crippen molar-refractivity contribution in [2.45, 2.75) is 55.6 Å². The Hall–Kier alpha value is -0.370. The van der Waals surface area contributed by atoms with E-state index in [0.29, 0.717) is 25.9 Å². The van der Waals surface area contributed by atoms with Gasteiger partial charge in [0.15, 0.2) is 17.4 Å². The average molecular weight is 277 g/mol. The van der Waals surface area contributed by atoms with Crippen molar-refractivity contribution < 1.29 is 18.2 Å². The minimum atomic E-state index is -1.88. The van der Waals surface area contributed by atoms with Gasteiger partial charge in [-0.05, 0) is 38.5 Å². The Morgan fingerprint density at radius 1 is 1.50 bits per heavy atom. The molecule has 2 unspecified atom stereocenters. The van der Waals surface area contributed by atoms with E-state index >= 15 is 0 Å². The molecule has 1 heterocycles. The molecule has 7 heteroatoms. The number of hydrogen-bond donors (Lipinski definition) is 1. The highest BCUT2D eigenvalue weighted by atomic mass is 32.2. The second-order valence-corrected chi connectivity index (χ2v) is 6.39. The monoisotopic (exact) mass is 277 g/mol. The van der Waals surface area contributed by atoms with E-state index < -0.39 is 21.9 Å². The van der Waals surface area contributed by atoms with Crippen molar-refractivity contribution in [3.05, 3.63) is 4.91 Å². The maximum atomic E-state index is 11.1. The van der Waals surface area contributed by atoms with Crippen LogP contribution in [0.4, 0.5) is 0 Å². The van der Waals surface area contributed by atoms with Gasteiger partial charge < -0.3 is 14.0 Å². The van der Waals surface area contributed by atoms with Crippen LogP contribution in [-0.2, 0) is 20.6 Å². The zero-order chi connectivity index (χ0) is 13.0. The van der Waals surface area contributed by atoms with Crippen molar-refractivity contribution in [2.75, 3.05) is 13.2 Å². The van der Waals surface area contributed by atoms with Crippen molar-refractivity contribution in [1.29, 1.82) is 0 Å². The fraction of sp³-hybridized carbons (Fsp3) is 1.00. The SMILES string of the molecule is O=N[C@H](COC1CCCCO1)CC1(S(=O)O)CC1. The van der Waals surface area contributed by atoms with Gasteiger partial charge in [-0.1, -0.05) is 5.18 Å². The molecule has 0 aromatic carbocycles. The van der Waals surface area contributed by atoms with Crippen molar-refractivity contribution in [1.82, 2.24) is 0 Å². The maximum Gasteiger partial charge on any atom is 0.159 e. The Morgan fingerprint density at radius 2 is 2.28 bits per heavy atom. The van der Waals surface area contributed by atoms with Crippen LogP contribution in [0.3, 0.4) is 0 Å². The largest absolute Gasteiger partial charge is 0.353 e. The molecule has 1 saturated carbocycles. The van der Waals surface area contributed by atoms with Crippen molar-refractivity contribution in [3.8, 4) is 0 Å². The molecule has 1 aliphatic carbocycles. The summed E-state index contributed by atoms with van der Waals surface area (Å²) < 4.78 is 30.6. The van der Waals surface area contributed by atoms with Gasteiger partial charge in [-0.15, -0.1) is 0 Å². The summed E-state index contributed by atoms with van der Waals surface area (Å²) in [6.45, 7) is 0.863. The highest BCUT2D eigenvalue weighted by molar-refractivity contribution is 7.81. The van der Waals surface area contributed by atoms with Crippen LogP contribution in [0.2, 0.25) is 0 Å². The first kappa shape index (κ1) is 14.0. The van der Waals surface area contributed by atoms with Crippen LogP contribution in [0.15, 0.2) is 5.18 Å². The molecule has 2 aliphatic rings. The molecule has 2 fully saturated rings. The van der Waals surface area contributed by atoms with Crippen LogP contribution in [0.1, 0.15) is 38.5 Å². The lowest BCUT2D eigenvalue weighted by Crippen LogP contribution is -2.30. The molecule has 0 amide bonds. The van der Waals surface area contributed by atoms with E-state index in [1.165, 1.54) is 0 Å². The topological polar surface area (TPSA) is 85.2 Å². The molecule has 1 aliphatic heterocycles. The minimum Gasteiger partial charge on any atom is -0.353 e. The van der Waals surface area contributed by atoms with Crippen molar-refractivity contribution >= 4 is 11.1 Å². The predicted octanol–water partition coefficient (Wildman–Crippen LogP) is 1.81. The molecule has 0 radical (unpaired) electrons. The van der Waals surface area contributed by atoms with Crippen LogP contribution >= 0.6 is 0 Å². The minimum absolute atomic E-state index is 0.174. The summed E-state index contributed by atoms with van der Waals surface area (Å²) in [4.78, 5) is 10.8. The van der Waals surface area contributed by atoms with E-state index in [1.54, 1.807) is 0 Å². The molecular weight excluding hydrogens is 258 g/mol. The summed E-state index contributed by atoms with van der Waals surface area (Å²) in [6.07, 6.45) is 4.38. The van der Waals surface area contributed by atoms with Gasteiger partial charge in [0, 0.05) is 6.61 Å². The molecular formula is C11H19NO5S. The Kier molecular flexibility index (Phi) is 4.83. The zero-order valence-electron chi connectivity index (χ0n) is 10.2. The average Bonchev–Trinajstić information content (AvgIpc) is 3.17. The molecule has 104 valence electrons. The highest BCUT2D eigenvalue weighted by Gasteiger charge is 2.50. The molecule has 3 atom stereocenters. The standard InChI is InChI=1S/C11H19NO5S/c13-12-9(7-11(4-5-11)18(14)15)8-17-10-3-1-2-6-16-10/h9-10H,1-8H2,(H,14,15)/t9-,10?/m0/s1. The summed E-state index contributed by atoms with van der Waals surface area (Å²) in [5.74, 6) is 0. The highest BCUT2D eigenvalue weighted by Crippen LogP contribution is 2.45. The molecule has 0 bridgehead atoms. The van der Waals surface area contributed by atoms with Crippen LogP contribution in [0.5, 0.6) is 0 Å². The van der Waals surface area contributed by atoms with Crippen LogP contribution < -0.4 is 0 Å². The van der Waals surface area contributed by atoms with Crippen LogP contribution in [-0.4, -0.2) is 39.1 Å². The molecule has 0 spiro atoms. The fourth-order valence-corrected chi connectivity index (χ4v) is 2.99. The van der Waals surface area contributed by atoms with Gasteiger partial charge in [-0.2, -0.15) is 4.91 Å². The second-order valence-electron chi connectivity index (χ2n) is 5.02.